The zero-order valence-corrected chi connectivity index (χ0v) is 13.3. The van der Waals surface area contributed by atoms with E-state index < -0.39 is 0 Å². The second-order valence-electron chi connectivity index (χ2n) is 5.47. The van der Waals surface area contributed by atoms with Gasteiger partial charge in [0.1, 0.15) is 6.26 Å². The van der Waals surface area contributed by atoms with E-state index in [2.05, 4.69) is 24.1 Å². The summed E-state index contributed by atoms with van der Waals surface area (Å²) in [6.45, 7) is 6.28. The van der Waals surface area contributed by atoms with Crippen LogP contribution in [0.1, 0.15) is 67.5 Å². The molecule has 0 saturated heterocycles. The highest BCUT2D eigenvalue weighted by molar-refractivity contribution is 6.02. The van der Waals surface area contributed by atoms with Crippen molar-refractivity contribution < 1.29 is 9.21 Å². The monoisotopic (exact) mass is 301 g/mol. The van der Waals surface area contributed by atoms with Gasteiger partial charge in [0, 0.05) is 5.69 Å². The maximum Gasteiger partial charge on any atom is 0.277 e. The third-order valence-electron chi connectivity index (χ3n) is 3.86. The van der Waals surface area contributed by atoms with Gasteiger partial charge in [0.25, 0.3) is 5.91 Å². The van der Waals surface area contributed by atoms with Crippen LogP contribution in [0.4, 0.5) is 5.69 Å². The summed E-state index contributed by atoms with van der Waals surface area (Å²) in [5, 5.41) is 2.81. The van der Waals surface area contributed by atoms with E-state index in [1.807, 2.05) is 31.2 Å². The molecular formula is C17H23N3O2. The van der Waals surface area contributed by atoms with Crippen LogP contribution in [0.15, 0.2) is 34.9 Å². The lowest BCUT2D eigenvalue weighted by Gasteiger charge is -2.10. The average Bonchev–Trinajstić information content (AvgIpc) is 3.04. The Morgan fingerprint density at radius 2 is 1.95 bits per heavy atom. The highest BCUT2D eigenvalue weighted by Gasteiger charge is 2.16. The molecule has 1 amide bonds. The van der Waals surface area contributed by atoms with Gasteiger partial charge in [-0.3, -0.25) is 4.79 Å². The fourth-order valence-electron chi connectivity index (χ4n) is 2.06. The van der Waals surface area contributed by atoms with Gasteiger partial charge < -0.3 is 15.5 Å². The van der Waals surface area contributed by atoms with Gasteiger partial charge in [-0.2, -0.15) is 0 Å². The largest absolute Gasteiger partial charge is 0.446 e. The van der Waals surface area contributed by atoms with Crippen molar-refractivity contribution in [3.63, 3.8) is 0 Å². The SMILES string of the molecule is CCC(C)c1ccc(NC(=O)c2coc(C(N)CC)n2)cc1. The quantitative estimate of drug-likeness (QED) is 0.849. The molecule has 0 aliphatic carbocycles. The Hall–Kier alpha value is -2.14. The summed E-state index contributed by atoms with van der Waals surface area (Å²) in [6.07, 6.45) is 3.14. The van der Waals surface area contributed by atoms with Gasteiger partial charge in [-0.15, -0.1) is 0 Å². The number of anilines is 1. The molecule has 118 valence electrons. The number of hydrogen-bond acceptors (Lipinski definition) is 4. The predicted octanol–water partition coefficient (Wildman–Crippen LogP) is 3.85. The number of nitrogens with zero attached hydrogens (tertiary/aromatic N) is 1. The number of carbonyl (C=O) groups is 1. The fourth-order valence-corrected chi connectivity index (χ4v) is 2.06. The third-order valence-corrected chi connectivity index (χ3v) is 3.86. The molecule has 0 aliphatic rings. The smallest absolute Gasteiger partial charge is 0.277 e. The molecule has 0 aliphatic heterocycles. The van der Waals surface area contributed by atoms with Crippen molar-refractivity contribution >= 4 is 11.6 Å². The number of oxazole rings is 1. The molecule has 0 bridgehead atoms. The Balaban J connectivity index is 2.04. The van der Waals surface area contributed by atoms with E-state index in [4.69, 9.17) is 10.2 Å². The Morgan fingerprint density at radius 3 is 2.55 bits per heavy atom. The number of aromatic nitrogens is 1. The van der Waals surface area contributed by atoms with Gasteiger partial charge in [-0.25, -0.2) is 4.98 Å². The minimum absolute atomic E-state index is 0.241. The van der Waals surface area contributed by atoms with Crippen LogP contribution in [-0.4, -0.2) is 10.9 Å². The molecule has 0 radical (unpaired) electrons. The molecule has 1 aromatic carbocycles. The minimum Gasteiger partial charge on any atom is -0.446 e. The van der Waals surface area contributed by atoms with Crippen LogP contribution >= 0.6 is 0 Å². The molecular weight excluding hydrogens is 278 g/mol. The second kappa shape index (κ2) is 7.22. The van der Waals surface area contributed by atoms with E-state index in [1.165, 1.54) is 11.8 Å². The van der Waals surface area contributed by atoms with Crippen LogP contribution in [0.3, 0.4) is 0 Å². The van der Waals surface area contributed by atoms with Gasteiger partial charge in [-0.05, 0) is 36.5 Å². The maximum atomic E-state index is 12.1. The van der Waals surface area contributed by atoms with Gasteiger partial charge in [-0.1, -0.05) is 32.9 Å². The summed E-state index contributed by atoms with van der Waals surface area (Å²) < 4.78 is 5.24. The molecule has 2 unspecified atom stereocenters. The van der Waals surface area contributed by atoms with Crippen molar-refractivity contribution in [1.29, 1.82) is 0 Å². The molecule has 2 atom stereocenters. The average molecular weight is 301 g/mol. The number of hydrogen-bond donors (Lipinski definition) is 2. The maximum absolute atomic E-state index is 12.1. The van der Waals surface area contributed by atoms with Crippen molar-refractivity contribution in [3.8, 4) is 0 Å². The van der Waals surface area contributed by atoms with Crippen molar-refractivity contribution in [2.45, 2.75) is 45.6 Å². The van der Waals surface area contributed by atoms with Gasteiger partial charge in [0.2, 0.25) is 5.89 Å². The van der Waals surface area contributed by atoms with Gasteiger partial charge >= 0.3 is 0 Å². The van der Waals surface area contributed by atoms with Crippen molar-refractivity contribution in [3.05, 3.63) is 47.7 Å². The Bertz CT molecular complexity index is 619. The van der Waals surface area contributed by atoms with Crippen molar-refractivity contribution in [1.82, 2.24) is 4.98 Å². The standard InChI is InChI=1S/C17H23N3O2/c1-4-11(3)12-6-8-13(9-7-12)19-16(21)15-10-22-17(20-15)14(18)5-2/h6-11,14H,4-5,18H2,1-3H3,(H,19,21). The lowest BCUT2D eigenvalue weighted by atomic mass is 9.99. The number of nitrogens with two attached hydrogens (primary N) is 1. The molecule has 5 nitrogen and oxygen atoms in total. The molecule has 1 heterocycles. The van der Waals surface area contributed by atoms with E-state index in [-0.39, 0.29) is 17.6 Å². The van der Waals surface area contributed by atoms with Gasteiger partial charge in [0.15, 0.2) is 5.69 Å². The summed E-state index contributed by atoms with van der Waals surface area (Å²) in [7, 11) is 0. The molecule has 0 spiro atoms. The summed E-state index contributed by atoms with van der Waals surface area (Å²) in [6, 6.07) is 7.59. The molecule has 0 fully saturated rings. The summed E-state index contributed by atoms with van der Waals surface area (Å²) >= 11 is 0. The van der Waals surface area contributed by atoms with Crippen LogP contribution in [0.2, 0.25) is 0 Å². The number of carbonyl (C=O) groups excluding carboxylic acids is 1. The van der Waals surface area contributed by atoms with Crippen LogP contribution in [0.5, 0.6) is 0 Å². The highest BCUT2D eigenvalue weighted by atomic mass is 16.3. The van der Waals surface area contributed by atoms with E-state index in [1.54, 1.807) is 0 Å². The molecule has 22 heavy (non-hydrogen) atoms. The normalized spacial score (nSPS) is 13.6. The zero-order chi connectivity index (χ0) is 16.1. The highest BCUT2D eigenvalue weighted by Crippen LogP contribution is 2.21. The van der Waals surface area contributed by atoms with Crippen LogP contribution in [0, 0.1) is 0 Å². The summed E-state index contributed by atoms with van der Waals surface area (Å²) in [5.74, 6) is 0.604. The molecule has 5 heteroatoms. The van der Waals surface area contributed by atoms with Gasteiger partial charge in [0.05, 0.1) is 6.04 Å². The third kappa shape index (κ3) is 3.74. The topological polar surface area (TPSA) is 81.2 Å². The lowest BCUT2D eigenvalue weighted by molar-refractivity contribution is 0.102. The first kappa shape index (κ1) is 16.2. The molecule has 0 saturated carbocycles. The Kier molecular flexibility index (Phi) is 5.33. The number of rotatable bonds is 6. The van der Waals surface area contributed by atoms with E-state index in [0.717, 1.165) is 12.1 Å². The molecule has 1 aromatic heterocycles. The zero-order valence-electron chi connectivity index (χ0n) is 13.3. The number of benzene rings is 1. The minimum atomic E-state index is -0.297. The van der Waals surface area contributed by atoms with E-state index in [0.29, 0.717) is 18.2 Å². The lowest BCUT2D eigenvalue weighted by Crippen LogP contribution is -2.14. The van der Waals surface area contributed by atoms with E-state index in [9.17, 15) is 4.79 Å². The van der Waals surface area contributed by atoms with Crippen molar-refractivity contribution in [2.24, 2.45) is 5.73 Å². The van der Waals surface area contributed by atoms with E-state index >= 15 is 0 Å². The first-order valence-corrected chi connectivity index (χ1v) is 7.67. The number of amides is 1. The molecule has 3 N–H and O–H groups in total. The predicted molar refractivity (Wildman–Crippen MR) is 86.8 cm³/mol. The molecule has 2 rings (SSSR count). The first-order chi connectivity index (χ1) is 10.5. The number of nitrogens with one attached hydrogen (secondary N) is 1. The Morgan fingerprint density at radius 1 is 1.27 bits per heavy atom. The first-order valence-electron chi connectivity index (χ1n) is 7.67. The van der Waals surface area contributed by atoms with Crippen LogP contribution in [0.25, 0.3) is 0 Å². The summed E-state index contributed by atoms with van der Waals surface area (Å²) in [4.78, 5) is 16.3. The summed E-state index contributed by atoms with van der Waals surface area (Å²) in [5.41, 5.74) is 8.07. The van der Waals surface area contributed by atoms with Crippen LogP contribution < -0.4 is 11.1 Å². The second-order valence-corrected chi connectivity index (χ2v) is 5.47. The van der Waals surface area contributed by atoms with Crippen LogP contribution in [-0.2, 0) is 0 Å². The van der Waals surface area contributed by atoms with Crippen molar-refractivity contribution in [2.75, 3.05) is 5.32 Å². The molecule has 2 aromatic rings. The Labute approximate surface area is 130 Å². The fraction of sp³-hybridized carbons (Fsp3) is 0.412.